The first-order valence-electron chi connectivity index (χ1n) is 8.73. The van der Waals surface area contributed by atoms with Crippen molar-refractivity contribution in [2.45, 2.75) is 39.3 Å². The summed E-state index contributed by atoms with van der Waals surface area (Å²) in [6, 6.07) is 0. The van der Waals surface area contributed by atoms with Crippen molar-refractivity contribution in [3.05, 3.63) is 21.5 Å². The van der Waals surface area contributed by atoms with Crippen molar-refractivity contribution in [3.8, 4) is 0 Å². The van der Waals surface area contributed by atoms with Crippen molar-refractivity contribution in [2.75, 3.05) is 26.4 Å². The van der Waals surface area contributed by atoms with E-state index in [0.29, 0.717) is 26.4 Å². The van der Waals surface area contributed by atoms with Gasteiger partial charge in [-0.25, -0.2) is 0 Å². The van der Waals surface area contributed by atoms with Crippen LogP contribution in [0.1, 0.15) is 0 Å². The van der Waals surface area contributed by atoms with E-state index < -0.39 is 27.0 Å². The predicted octanol–water partition coefficient (Wildman–Crippen LogP) is 2.53. The largest absolute Gasteiger partial charge is 0.376 e. The molecule has 4 aliphatic rings. The van der Waals surface area contributed by atoms with Crippen molar-refractivity contribution in [3.63, 3.8) is 0 Å². The molecule has 0 aromatic heterocycles. The molecule has 0 aromatic carbocycles. The van der Waals surface area contributed by atoms with Gasteiger partial charge >= 0.3 is 0 Å². The molecule has 2 saturated heterocycles. The van der Waals surface area contributed by atoms with Gasteiger partial charge in [0, 0.05) is 0 Å². The van der Waals surface area contributed by atoms with E-state index in [2.05, 4.69) is 39.3 Å². The fraction of sp³-hybridized carbons (Fsp3) is 0.667. The molecule has 0 bridgehead atoms. The Morgan fingerprint density at radius 1 is 0.708 bits per heavy atom. The van der Waals surface area contributed by atoms with Crippen molar-refractivity contribution in [2.24, 2.45) is 10.8 Å². The summed E-state index contributed by atoms with van der Waals surface area (Å²) in [7, 11) is -3.75. The van der Waals surface area contributed by atoms with Crippen LogP contribution in [-0.2, 0) is 19.1 Å². The minimum atomic E-state index is -1.88. The molecule has 2 aliphatic heterocycles. The second kappa shape index (κ2) is 4.47. The first-order chi connectivity index (χ1) is 11.0. The zero-order chi connectivity index (χ0) is 17.7. The molecule has 2 unspecified atom stereocenters. The Kier molecular flexibility index (Phi) is 3.10. The van der Waals surface area contributed by atoms with Crippen LogP contribution >= 0.6 is 0 Å². The van der Waals surface area contributed by atoms with Crippen molar-refractivity contribution < 1.29 is 19.1 Å². The summed E-state index contributed by atoms with van der Waals surface area (Å²) < 4.78 is 11.7. The fourth-order valence-corrected chi connectivity index (χ4v) is 9.62. The lowest BCUT2D eigenvalue weighted by atomic mass is 9.63. The maximum atomic E-state index is 13.7. The normalized spacial score (nSPS) is 35.9. The summed E-state index contributed by atoms with van der Waals surface area (Å²) in [5.74, 6) is 0.378. The maximum absolute atomic E-state index is 13.7. The van der Waals surface area contributed by atoms with Crippen LogP contribution in [0.5, 0.6) is 0 Å². The summed E-state index contributed by atoms with van der Waals surface area (Å²) in [4.78, 5) is 27.5. The summed E-state index contributed by atoms with van der Waals surface area (Å²) in [5.41, 5.74) is 0.461. The molecule has 2 fully saturated rings. The number of ether oxygens (including phenoxy) is 2. The predicted molar refractivity (Wildman–Crippen MR) is 97.3 cm³/mol. The Balaban J connectivity index is 2.06. The molecule has 6 heteroatoms. The molecular weight excluding hydrogens is 336 g/mol. The standard InChI is InChI=1S/C18H26O4Si2/c1-23(2,3)13-11-7-21-9-17(11)16(20)14(24(4,5)6)12-8-22-10-18(12,17)15(13)19/h7-10H2,1-6H3. The number of hydrogen-bond donors (Lipinski definition) is 0. The third-order valence-electron chi connectivity index (χ3n) is 6.22. The van der Waals surface area contributed by atoms with E-state index in [0.717, 1.165) is 21.5 Å². The smallest absolute Gasteiger partial charge is 0.169 e. The van der Waals surface area contributed by atoms with E-state index in [4.69, 9.17) is 9.47 Å². The zero-order valence-electron chi connectivity index (χ0n) is 15.5. The Morgan fingerprint density at radius 3 is 1.33 bits per heavy atom. The molecule has 4 nitrogen and oxygen atoms in total. The quantitative estimate of drug-likeness (QED) is 0.709. The van der Waals surface area contributed by atoms with Gasteiger partial charge in [0.1, 0.15) is 0 Å². The molecule has 0 aromatic rings. The number of hydrogen-bond acceptors (Lipinski definition) is 4. The van der Waals surface area contributed by atoms with Crippen molar-refractivity contribution in [1.82, 2.24) is 0 Å². The zero-order valence-corrected chi connectivity index (χ0v) is 17.5. The minimum absolute atomic E-state index is 0.189. The molecule has 0 amide bonds. The monoisotopic (exact) mass is 362 g/mol. The Hall–Kier alpha value is -0.826. The SMILES string of the molecule is C[Si](C)(C)C1=C2COCC23C(=O)C([Si](C)(C)C)=C2COCC23C1=O. The van der Waals surface area contributed by atoms with Gasteiger partial charge in [0.15, 0.2) is 11.6 Å². The Morgan fingerprint density at radius 2 is 1.04 bits per heavy atom. The topological polar surface area (TPSA) is 52.6 Å². The van der Waals surface area contributed by atoms with Crippen LogP contribution in [0.2, 0.25) is 39.3 Å². The van der Waals surface area contributed by atoms with Gasteiger partial charge in [-0.15, -0.1) is 0 Å². The highest BCUT2D eigenvalue weighted by Crippen LogP contribution is 2.68. The summed E-state index contributed by atoms with van der Waals surface area (Å²) >= 11 is 0. The van der Waals surface area contributed by atoms with Gasteiger partial charge in [0.2, 0.25) is 0 Å². The van der Waals surface area contributed by atoms with Gasteiger partial charge in [-0.1, -0.05) is 39.3 Å². The van der Waals surface area contributed by atoms with E-state index >= 15 is 0 Å². The summed E-state index contributed by atoms with van der Waals surface area (Å²) in [6.07, 6.45) is 0. The van der Waals surface area contributed by atoms with Crippen LogP contribution in [-0.4, -0.2) is 54.1 Å². The van der Waals surface area contributed by atoms with Crippen molar-refractivity contribution in [1.29, 1.82) is 0 Å². The van der Waals surface area contributed by atoms with Crippen LogP contribution in [0.15, 0.2) is 21.5 Å². The second-order valence-electron chi connectivity index (χ2n) is 9.66. The molecule has 2 spiro atoms. The number of allylic oxidation sites excluding steroid dienone is 2. The first-order valence-corrected chi connectivity index (χ1v) is 15.7. The average molecular weight is 363 g/mol. The van der Waals surface area contributed by atoms with Gasteiger partial charge in [0.05, 0.1) is 53.4 Å². The van der Waals surface area contributed by atoms with Crippen LogP contribution in [0.4, 0.5) is 0 Å². The van der Waals surface area contributed by atoms with E-state index in [-0.39, 0.29) is 11.6 Å². The van der Waals surface area contributed by atoms with Crippen LogP contribution in [0.3, 0.4) is 0 Å². The third-order valence-corrected chi connectivity index (χ3v) is 10.3. The molecule has 2 aliphatic carbocycles. The number of carbonyl (C=O) groups is 2. The second-order valence-corrected chi connectivity index (χ2v) is 19.7. The average Bonchev–Trinajstić information content (AvgIpc) is 3.08. The van der Waals surface area contributed by atoms with E-state index in [9.17, 15) is 9.59 Å². The molecule has 0 radical (unpaired) electrons. The van der Waals surface area contributed by atoms with Crippen molar-refractivity contribution >= 4 is 27.7 Å². The molecule has 0 saturated carbocycles. The number of Topliss-reactive ketones (excluding diaryl/α,β-unsaturated/α-hetero) is 2. The fourth-order valence-electron chi connectivity index (χ4n) is 5.45. The molecule has 24 heavy (non-hydrogen) atoms. The lowest BCUT2D eigenvalue weighted by Gasteiger charge is -2.34. The van der Waals surface area contributed by atoms with Crippen LogP contribution in [0, 0.1) is 10.8 Å². The lowest BCUT2D eigenvalue weighted by Crippen LogP contribution is -2.48. The van der Waals surface area contributed by atoms with Gasteiger partial charge in [-0.05, 0) is 21.5 Å². The highest BCUT2D eigenvalue weighted by atomic mass is 28.3. The van der Waals surface area contributed by atoms with Gasteiger partial charge in [-0.2, -0.15) is 0 Å². The van der Waals surface area contributed by atoms with Crippen LogP contribution in [0.25, 0.3) is 0 Å². The van der Waals surface area contributed by atoms with E-state index in [1.54, 1.807) is 0 Å². The molecule has 130 valence electrons. The molecule has 0 N–H and O–H groups in total. The first kappa shape index (κ1) is 16.6. The van der Waals surface area contributed by atoms with E-state index in [1.165, 1.54) is 0 Å². The number of rotatable bonds is 2. The third kappa shape index (κ3) is 1.57. The van der Waals surface area contributed by atoms with Gasteiger partial charge in [0.25, 0.3) is 0 Å². The van der Waals surface area contributed by atoms with E-state index in [1.807, 2.05) is 0 Å². The molecular formula is C18H26O4Si2. The summed E-state index contributed by atoms with van der Waals surface area (Å²) in [6.45, 7) is 14.7. The maximum Gasteiger partial charge on any atom is 0.169 e. The number of carbonyl (C=O) groups excluding carboxylic acids is 2. The van der Waals surface area contributed by atoms with Gasteiger partial charge < -0.3 is 9.47 Å². The molecule has 2 heterocycles. The van der Waals surface area contributed by atoms with Crippen LogP contribution < -0.4 is 0 Å². The Labute approximate surface area is 145 Å². The van der Waals surface area contributed by atoms with Gasteiger partial charge in [-0.3, -0.25) is 9.59 Å². The highest BCUT2D eigenvalue weighted by Gasteiger charge is 2.77. The minimum Gasteiger partial charge on any atom is -0.376 e. The Bertz CT molecular complexity index is 686. The molecule has 4 rings (SSSR count). The molecule has 2 atom stereocenters. The summed E-state index contributed by atoms with van der Waals surface area (Å²) in [5, 5.41) is 1.90. The lowest BCUT2D eigenvalue weighted by molar-refractivity contribution is -0.135. The number of ketones is 2. The highest BCUT2D eigenvalue weighted by molar-refractivity contribution is 6.89.